The van der Waals surface area contributed by atoms with E-state index in [1.54, 1.807) is 6.33 Å². The second-order valence-corrected chi connectivity index (χ2v) is 4.84. The molecule has 0 aliphatic rings. The van der Waals surface area contributed by atoms with Crippen molar-refractivity contribution < 1.29 is 4.79 Å². The third kappa shape index (κ3) is 2.20. The number of fused-ring (bicyclic) bond motifs is 1. The van der Waals surface area contributed by atoms with Gasteiger partial charge in [0, 0.05) is 5.38 Å². The lowest BCUT2D eigenvalue weighted by Crippen LogP contribution is -2.29. The fourth-order valence-electron chi connectivity index (χ4n) is 1.86. The van der Waals surface area contributed by atoms with E-state index < -0.39 is 0 Å². The Morgan fingerprint density at radius 3 is 3.11 bits per heavy atom. The topological polar surface area (TPSA) is 85.8 Å². The number of para-hydroxylation sites is 2. The molecule has 1 aromatic carbocycles. The number of nitrogens with one attached hydrogen (secondary N) is 1. The number of carbonyl (C=O) groups excluding carboxylic acids is 1. The molecule has 0 saturated heterocycles. The molecule has 0 spiro atoms. The molecule has 3 rings (SSSR count). The maximum atomic E-state index is 11.3. The zero-order chi connectivity index (χ0) is 13.2. The van der Waals surface area contributed by atoms with Crippen LogP contribution in [0.15, 0.2) is 36.0 Å². The number of thiazole rings is 1. The lowest BCUT2D eigenvalue weighted by atomic mass is 10.3. The molecule has 0 unspecified atom stereocenters. The van der Waals surface area contributed by atoms with E-state index in [1.165, 1.54) is 11.3 Å². The number of hydrogen-bond donors (Lipinski definition) is 2. The molecule has 0 atom stereocenters. The van der Waals surface area contributed by atoms with Crippen LogP contribution in [0.3, 0.4) is 0 Å². The van der Waals surface area contributed by atoms with Crippen LogP contribution in [0, 0.1) is 0 Å². The predicted octanol–water partition coefficient (Wildman–Crippen LogP) is 1.14. The van der Waals surface area contributed by atoms with Crippen molar-refractivity contribution in [2.45, 2.75) is 6.54 Å². The second-order valence-electron chi connectivity index (χ2n) is 3.98. The molecule has 1 amide bonds. The van der Waals surface area contributed by atoms with Crippen LogP contribution in [-0.4, -0.2) is 20.4 Å². The van der Waals surface area contributed by atoms with E-state index >= 15 is 0 Å². The van der Waals surface area contributed by atoms with Crippen LogP contribution in [-0.2, 0) is 6.54 Å². The quantitative estimate of drug-likeness (QED) is 0.426. The first-order valence-corrected chi connectivity index (χ1v) is 6.51. The van der Waals surface area contributed by atoms with Crippen LogP contribution in [0.2, 0.25) is 0 Å². The molecule has 0 saturated carbocycles. The summed E-state index contributed by atoms with van der Waals surface area (Å²) in [6.07, 6.45) is 1.77. The first-order chi connectivity index (χ1) is 9.28. The smallest absolute Gasteiger partial charge is 0.294 e. The molecule has 2 heterocycles. The summed E-state index contributed by atoms with van der Waals surface area (Å²) in [5, 5.41) is 2.21. The van der Waals surface area contributed by atoms with Crippen molar-refractivity contribution in [1.82, 2.24) is 20.0 Å². The highest BCUT2D eigenvalue weighted by Gasteiger charge is 2.10. The standard InChI is InChI=1S/C12H11N5OS/c13-16-11(18)12-15-8(6-19-12)5-17-7-14-9-3-1-2-4-10(9)17/h1-4,6-7H,5,13H2,(H,16,18). The number of nitrogens with zero attached hydrogens (tertiary/aromatic N) is 3. The average Bonchev–Trinajstić information content (AvgIpc) is 3.06. The van der Waals surface area contributed by atoms with Gasteiger partial charge in [0.15, 0.2) is 5.01 Å². The van der Waals surface area contributed by atoms with Gasteiger partial charge < -0.3 is 4.57 Å². The molecule has 3 aromatic rings. The number of nitrogens with two attached hydrogens (primary N) is 1. The Bertz CT molecular complexity index is 732. The minimum atomic E-state index is -0.369. The lowest BCUT2D eigenvalue weighted by Gasteiger charge is -2.00. The van der Waals surface area contributed by atoms with Gasteiger partial charge in [0.2, 0.25) is 0 Å². The number of benzene rings is 1. The summed E-state index contributed by atoms with van der Waals surface area (Å²) in [5.41, 5.74) is 4.87. The summed E-state index contributed by atoms with van der Waals surface area (Å²) in [6, 6.07) is 7.88. The monoisotopic (exact) mass is 273 g/mol. The number of aromatic nitrogens is 3. The van der Waals surface area contributed by atoms with Gasteiger partial charge in [-0.15, -0.1) is 11.3 Å². The van der Waals surface area contributed by atoms with Crippen LogP contribution in [0.25, 0.3) is 11.0 Å². The van der Waals surface area contributed by atoms with E-state index in [4.69, 9.17) is 5.84 Å². The Morgan fingerprint density at radius 1 is 1.42 bits per heavy atom. The summed E-state index contributed by atoms with van der Waals surface area (Å²) in [6.45, 7) is 0.578. The fraction of sp³-hybridized carbons (Fsp3) is 0.0833. The molecule has 3 N–H and O–H groups in total. The van der Waals surface area contributed by atoms with Gasteiger partial charge in [0.25, 0.3) is 5.91 Å². The molecule has 2 aromatic heterocycles. The molecular weight excluding hydrogens is 262 g/mol. The zero-order valence-corrected chi connectivity index (χ0v) is 10.7. The van der Waals surface area contributed by atoms with Crippen molar-refractivity contribution in [3.05, 3.63) is 46.7 Å². The molecule has 0 bridgehead atoms. The minimum absolute atomic E-state index is 0.363. The third-order valence-electron chi connectivity index (χ3n) is 2.74. The van der Waals surface area contributed by atoms with Crippen molar-refractivity contribution >= 4 is 28.3 Å². The molecule has 0 aliphatic heterocycles. The minimum Gasteiger partial charge on any atom is -0.324 e. The second kappa shape index (κ2) is 4.79. The first kappa shape index (κ1) is 11.8. The molecule has 0 aliphatic carbocycles. The van der Waals surface area contributed by atoms with Crippen LogP contribution in [0.1, 0.15) is 15.5 Å². The highest BCUT2D eigenvalue weighted by Crippen LogP contribution is 2.15. The molecule has 7 heteroatoms. The molecule has 6 nitrogen and oxygen atoms in total. The van der Waals surface area contributed by atoms with E-state index in [2.05, 4.69) is 15.4 Å². The Hall–Kier alpha value is -2.25. The van der Waals surface area contributed by atoms with Crippen molar-refractivity contribution in [3.8, 4) is 0 Å². The van der Waals surface area contributed by atoms with Gasteiger partial charge in [0.1, 0.15) is 0 Å². The van der Waals surface area contributed by atoms with Crippen LogP contribution in [0.4, 0.5) is 0 Å². The van der Waals surface area contributed by atoms with E-state index in [0.717, 1.165) is 16.7 Å². The van der Waals surface area contributed by atoms with Gasteiger partial charge in [0.05, 0.1) is 29.6 Å². The summed E-state index contributed by atoms with van der Waals surface area (Å²) < 4.78 is 1.99. The predicted molar refractivity (Wildman–Crippen MR) is 72.6 cm³/mol. The van der Waals surface area contributed by atoms with Gasteiger partial charge >= 0.3 is 0 Å². The summed E-state index contributed by atoms with van der Waals surface area (Å²) >= 11 is 1.27. The van der Waals surface area contributed by atoms with E-state index in [9.17, 15) is 4.79 Å². The van der Waals surface area contributed by atoms with Gasteiger partial charge in [-0.1, -0.05) is 12.1 Å². The summed E-state index contributed by atoms with van der Waals surface area (Å²) in [5.74, 6) is 4.71. The van der Waals surface area contributed by atoms with E-state index in [-0.39, 0.29) is 5.91 Å². The summed E-state index contributed by atoms with van der Waals surface area (Å²) in [7, 11) is 0. The van der Waals surface area contributed by atoms with Crippen LogP contribution < -0.4 is 11.3 Å². The number of rotatable bonds is 3. The lowest BCUT2D eigenvalue weighted by molar-refractivity contribution is 0.0953. The molecule has 19 heavy (non-hydrogen) atoms. The van der Waals surface area contributed by atoms with E-state index in [0.29, 0.717) is 11.6 Å². The highest BCUT2D eigenvalue weighted by molar-refractivity contribution is 7.11. The van der Waals surface area contributed by atoms with Crippen molar-refractivity contribution in [2.24, 2.45) is 5.84 Å². The Balaban J connectivity index is 1.89. The maximum absolute atomic E-state index is 11.3. The van der Waals surface area contributed by atoms with Crippen LogP contribution in [0.5, 0.6) is 0 Å². The molecule has 0 fully saturated rings. The normalized spacial score (nSPS) is 10.8. The number of nitrogen functional groups attached to an aromatic ring is 1. The molecule has 0 radical (unpaired) electrons. The Labute approximate surface area is 112 Å². The van der Waals surface area contributed by atoms with Gasteiger partial charge in [-0.05, 0) is 12.1 Å². The summed E-state index contributed by atoms with van der Waals surface area (Å²) in [4.78, 5) is 19.9. The first-order valence-electron chi connectivity index (χ1n) is 5.63. The number of hydrogen-bond acceptors (Lipinski definition) is 5. The SMILES string of the molecule is NNC(=O)c1nc(Cn2cnc3ccccc32)cs1. The zero-order valence-electron chi connectivity index (χ0n) is 9.91. The number of imidazole rings is 1. The van der Waals surface area contributed by atoms with Gasteiger partial charge in [-0.2, -0.15) is 0 Å². The maximum Gasteiger partial charge on any atom is 0.294 e. The van der Waals surface area contributed by atoms with Gasteiger partial charge in [-0.3, -0.25) is 10.2 Å². The van der Waals surface area contributed by atoms with E-state index in [1.807, 2.05) is 34.2 Å². The number of amides is 1. The Morgan fingerprint density at radius 2 is 2.26 bits per heavy atom. The number of carbonyl (C=O) groups is 1. The largest absolute Gasteiger partial charge is 0.324 e. The number of hydrazine groups is 1. The third-order valence-corrected chi connectivity index (χ3v) is 3.63. The molecule has 96 valence electrons. The Kier molecular flexibility index (Phi) is 2.98. The van der Waals surface area contributed by atoms with Crippen molar-refractivity contribution in [2.75, 3.05) is 0 Å². The van der Waals surface area contributed by atoms with Crippen LogP contribution >= 0.6 is 11.3 Å². The molecular formula is C12H11N5OS. The van der Waals surface area contributed by atoms with Gasteiger partial charge in [-0.25, -0.2) is 15.8 Å². The van der Waals surface area contributed by atoms with Crippen molar-refractivity contribution in [1.29, 1.82) is 0 Å². The highest BCUT2D eigenvalue weighted by atomic mass is 32.1. The van der Waals surface area contributed by atoms with Crippen molar-refractivity contribution in [3.63, 3.8) is 0 Å². The fourth-order valence-corrected chi connectivity index (χ4v) is 2.57. The average molecular weight is 273 g/mol.